The summed E-state index contributed by atoms with van der Waals surface area (Å²) in [4.78, 5) is 12.9. The number of hydrogen-bond donors (Lipinski definition) is 2. The summed E-state index contributed by atoms with van der Waals surface area (Å²) in [5, 5.41) is 8.45. The lowest BCUT2D eigenvalue weighted by molar-refractivity contribution is 0.0891. The number of piperidine rings is 1. The fourth-order valence-corrected chi connectivity index (χ4v) is 2.86. The number of carbonyl (C=O) groups excluding carboxylic acids is 1. The summed E-state index contributed by atoms with van der Waals surface area (Å²) in [7, 11) is 0. The second kappa shape index (κ2) is 4.55. The average molecular weight is 238 g/mol. The first-order chi connectivity index (χ1) is 7.61. The molecule has 0 bridgehead atoms. The Morgan fingerprint density at radius 3 is 2.75 bits per heavy atom. The Morgan fingerprint density at radius 2 is 2.19 bits per heavy atom. The van der Waals surface area contributed by atoms with E-state index in [0.29, 0.717) is 0 Å². The molecule has 1 aliphatic heterocycles. The minimum Gasteiger partial charge on any atom is -0.346 e. The van der Waals surface area contributed by atoms with E-state index in [9.17, 15) is 4.79 Å². The number of thiophene rings is 1. The van der Waals surface area contributed by atoms with Crippen molar-refractivity contribution >= 4 is 17.2 Å². The van der Waals surface area contributed by atoms with Gasteiger partial charge in [0.2, 0.25) is 0 Å². The van der Waals surface area contributed by atoms with Crippen molar-refractivity contribution in [1.29, 1.82) is 0 Å². The molecule has 2 N–H and O–H groups in total. The standard InChI is InChI=1S/C12H18N2OS/c1-9-3-8-16-10(9)11(15)14-12(2)4-6-13-7-5-12/h3,8,13H,4-7H2,1-2H3,(H,14,15). The van der Waals surface area contributed by atoms with Gasteiger partial charge in [-0.1, -0.05) is 0 Å². The van der Waals surface area contributed by atoms with E-state index in [1.807, 2.05) is 18.4 Å². The molecule has 88 valence electrons. The van der Waals surface area contributed by atoms with Gasteiger partial charge in [-0.25, -0.2) is 0 Å². The van der Waals surface area contributed by atoms with Crippen molar-refractivity contribution in [2.45, 2.75) is 32.2 Å². The molecule has 0 spiro atoms. The molecule has 1 aliphatic rings. The van der Waals surface area contributed by atoms with Crippen LogP contribution in [0, 0.1) is 6.92 Å². The van der Waals surface area contributed by atoms with Crippen LogP contribution in [-0.2, 0) is 0 Å². The molecule has 1 saturated heterocycles. The predicted molar refractivity (Wildman–Crippen MR) is 67.0 cm³/mol. The maximum Gasteiger partial charge on any atom is 0.262 e. The number of amides is 1. The summed E-state index contributed by atoms with van der Waals surface area (Å²) in [5.74, 6) is 0.0805. The molecular formula is C12H18N2OS. The van der Waals surface area contributed by atoms with E-state index >= 15 is 0 Å². The van der Waals surface area contributed by atoms with Gasteiger partial charge in [0.05, 0.1) is 4.88 Å². The maximum absolute atomic E-state index is 12.1. The molecule has 16 heavy (non-hydrogen) atoms. The van der Waals surface area contributed by atoms with E-state index in [1.54, 1.807) is 0 Å². The lowest BCUT2D eigenvalue weighted by atomic mass is 9.90. The van der Waals surface area contributed by atoms with Crippen molar-refractivity contribution in [2.75, 3.05) is 13.1 Å². The number of rotatable bonds is 2. The van der Waals surface area contributed by atoms with Crippen molar-refractivity contribution in [2.24, 2.45) is 0 Å². The van der Waals surface area contributed by atoms with Gasteiger partial charge in [0.1, 0.15) is 0 Å². The lowest BCUT2D eigenvalue weighted by Crippen LogP contribution is -2.52. The molecule has 2 rings (SSSR count). The molecule has 4 heteroatoms. The fraction of sp³-hybridized carbons (Fsp3) is 0.583. The molecular weight excluding hydrogens is 220 g/mol. The molecule has 0 atom stereocenters. The highest BCUT2D eigenvalue weighted by atomic mass is 32.1. The topological polar surface area (TPSA) is 41.1 Å². The summed E-state index contributed by atoms with van der Waals surface area (Å²) in [6, 6.07) is 1.99. The Hall–Kier alpha value is -0.870. The number of carbonyl (C=O) groups is 1. The summed E-state index contributed by atoms with van der Waals surface area (Å²) in [5.41, 5.74) is 1.03. The molecule has 1 aromatic heterocycles. The second-order valence-electron chi connectivity index (χ2n) is 4.70. The molecule has 0 unspecified atom stereocenters. The minimum absolute atomic E-state index is 0.0429. The van der Waals surface area contributed by atoms with Gasteiger partial charge in [0.15, 0.2) is 0 Å². The maximum atomic E-state index is 12.1. The Bertz CT molecular complexity index is 380. The summed E-state index contributed by atoms with van der Waals surface area (Å²) < 4.78 is 0. The van der Waals surface area contributed by atoms with Crippen LogP contribution in [-0.4, -0.2) is 24.5 Å². The van der Waals surface area contributed by atoms with E-state index in [-0.39, 0.29) is 11.4 Å². The van der Waals surface area contributed by atoms with Crippen LogP contribution in [0.1, 0.15) is 35.0 Å². The zero-order valence-corrected chi connectivity index (χ0v) is 10.6. The Kier molecular flexibility index (Phi) is 3.30. The molecule has 1 fully saturated rings. The van der Waals surface area contributed by atoms with Gasteiger partial charge >= 0.3 is 0 Å². The Morgan fingerprint density at radius 1 is 1.50 bits per heavy atom. The first kappa shape index (κ1) is 11.6. The first-order valence-corrected chi connectivity index (χ1v) is 6.56. The molecule has 1 aromatic rings. The Labute approximate surface area is 100 Å². The van der Waals surface area contributed by atoms with E-state index in [0.717, 1.165) is 36.4 Å². The summed E-state index contributed by atoms with van der Waals surface area (Å²) in [6.07, 6.45) is 2.01. The molecule has 0 saturated carbocycles. The molecule has 3 nitrogen and oxygen atoms in total. The summed E-state index contributed by atoms with van der Waals surface area (Å²) in [6.45, 7) is 6.09. The molecule has 0 aliphatic carbocycles. The van der Waals surface area contributed by atoms with Crippen LogP contribution in [0.25, 0.3) is 0 Å². The smallest absolute Gasteiger partial charge is 0.262 e. The Balaban J connectivity index is 2.04. The quantitative estimate of drug-likeness (QED) is 0.826. The SMILES string of the molecule is Cc1ccsc1C(=O)NC1(C)CCNCC1. The van der Waals surface area contributed by atoms with E-state index in [2.05, 4.69) is 17.6 Å². The zero-order valence-electron chi connectivity index (χ0n) is 9.80. The third-order valence-corrected chi connectivity index (χ3v) is 4.21. The highest BCUT2D eigenvalue weighted by Gasteiger charge is 2.29. The fourth-order valence-electron chi connectivity index (χ4n) is 2.04. The molecule has 0 radical (unpaired) electrons. The van der Waals surface area contributed by atoms with Crippen LogP contribution in [0.15, 0.2) is 11.4 Å². The van der Waals surface area contributed by atoms with Gasteiger partial charge in [0.25, 0.3) is 5.91 Å². The monoisotopic (exact) mass is 238 g/mol. The van der Waals surface area contributed by atoms with Crippen molar-refractivity contribution in [1.82, 2.24) is 10.6 Å². The van der Waals surface area contributed by atoms with Crippen LogP contribution in [0.5, 0.6) is 0 Å². The lowest BCUT2D eigenvalue weighted by Gasteiger charge is -2.34. The van der Waals surface area contributed by atoms with Gasteiger partial charge in [0, 0.05) is 5.54 Å². The number of nitrogens with one attached hydrogen (secondary N) is 2. The largest absolute Gasteiger partial charge is 0.346 e. The second-order valence-corrected chi connectivity index (χ2v) is 5.61. The normalized spacial score (nSPS) is 19.4. The third-order valence-electron chi connectivity index (χ3n) is 3.19. The number of aryl methyl sites for hydroxylation is 1. The van der Waals surface area contributed by atoms with Crippen LogP contribution in [0.2, 0.25) is 0 Å². The van der Waals surface area contributed by atoms with E-state index in [1.165, 1.54) is 11.3 Å². The average Bonchev–Trinajstić information content (AvgIpc) is 2.65. The zero-order chi connectivity index (χ0) is 11.6. The van der Waals surface area contributed by atoms with Gasteiger partial charge in [-0.15, -0.1) is 11.3 Å². The van der Waals surface area contributed by atoms with Gasteiger partial charge in [-0.2, -0.15) is 0 Å². The van der Waals surface area contributed by atoms with Crippen LogP contribution in [0.3, 0.4) is 0 Å². The van der Waals surface area contributed by atoms with E-state index in [4.69, 9.17) is 0 Å². The highest BCUT2D eigenvalue weighted by molar-refractivity contribution is 7.12. The minimum atomic E-state index is -0.0429. The highest BCUT2D eigenvalue weighted by Crippen LogP contribution is 2.21. The van der Waals surface area contributed by atoms with Crippen molar-refractivity contribution in [3.63, 3.8) is 0 Å². The third kappa shape index (κ3) is 2.44. The summed E-state index contributed by atoms with van der Waals surface area (Å²) >= 11 is 1.52. The van der Waals surface area contributed by atoms with Gasteiger partial charge in [-0.05, 0) is 56.8 Å². The van der Waals surface area contributed by atoms with Gasteiger partial charge in [-0.3, -0.25) is 4.79 Å². The van der Waals surface area contributed by atoms with Gasteiger partial charge < -0.3 is 10.6 Å². The molecule has 0 aromatic carbocycles. The molecule has 1 amide bonds. The van der Waals surface area contributed by atoms with Crippen LogP contribution >= 0.6 is 11.3 Å². The van der Waals surface area contributed by atoms with Crippen molar-refractivity contribution in [3.05, 3.63) is 21.9 Å². The first-order valence-electron chi connectivity index (χ1n) is 5.68. The predicted octanol–water partition coefficient (Wildman–Crippen LogP) is 1.93. The molecule has 2 heterocycles. The van der Waals surface area contributed by atoms with E-state index < -0.39 is 0 Å². The van der Waals surface area contributed by atoms with Crippen molar-refractivity contribution in [3.8, 4) is 0 Å². The van der Waals surface area contributed by atoms with Crippen LogP contribution < -0.4 is 10.6 Å². The van der Waals surface area contributed by atoms with Crippen molar-refractivity contribution < 1.29 is 4.79 Å². The number of hydrogen-bond acceptors (Lipinski definition) is 3. The van der Waals surface area contributed by atoms with Crippen LogP contribution in [0.4, 0.5) is 0 Å².